The van der Waals surface area contributed by atoms with Crippen LogP contribution >= 0.6 is 0 Å². The maximum Gasteiger partial charge on any atom is 0.255 e. The molecule has 18 heavy (non-hydrogen) atoms. The maximum atomic E-state index is 13.3. The first-order valence-corrected chi connectivity index (χ1v) is 5.04. The van der Waals surface area contributed by atoms with Gasteiger partial charge in [0.05, 0.1) is 11.9 Å². The van der Waals surface area contributed by atoms with E-state index in [0.717, 1.165) is 6.20 Å². The molecule has 0 aliphatic heterocycles. The molecule has 0 bridgehead atoms. The minimum absolute atomic E-state index is 0.0640. The van der Waals surface area contributed by atoms with E-state index in [2.05, 4.69) is 20.7 Å². The lowest BCUT2D eigenvalue weighted by Crippen LogP contribution is -2.15. The molecule has 6 nitrogen and oxygen atoms in total. The van der Waals surface area contributed by atoms with Crippen LogP contribution in [0.3, 0.4) is 0 Å². The standard InChI is InChI=1S/C11H10FN5O/c12-8-6-14-3-2-9(8)16-11(18)7-1-4-15-10(5-7)17-13/h1-6H,13H2,(H,15,17)(H,14,16,18). The summed E-state index contributed by atoms with van der Waals surface area (Å²) in [4.78, 5) is 19.3. The summed E-state index contributed by atoms with van der Waals surface area (Å²) in [6, 6.07) is 4.32. The molecule has 0 atom stereocenters. The Morgan fingerprint density at radius 1 is 1.33 bits per heavy atom. The topological polar surface area (TPSA) is 92.9 Å². The minimum atomic E-state index is -0.600. The number of nitrogen functional groups attached to an aromatic ring is 1. The largest absolute Gasteiger partial charge is 0.319 e. The van der Waals surface area contributed by atoms with Crippen LogP contribution in [0.5, 0.6) is 0 Å². The van der Waals surface area contributed by atoms with Crippen molar-refractivity contribution in [2.75, 3.05) is 10.7 Å². The van der Waals surface area contributed by atoms with E-state index >= 15 is 0 Å². The zero-order valence-electron chi connectivity index (χ0n) is 9.22. The summed E-state index contributed by atoms with van der Waals surface area (Å²) >= 11 is 0. The molecular weight excluding hydrogens is 237 g/mol. The van der Waals surface area contributed by atoms with Gasteiger partial charge in [-0.3, -0.25) is 9.78 Å². The number of hydrogen-bond acceptors (Lipinski definition) is 5. The van der Waals surface area contributed by atoms with Gasteiger partial charge in [0.15, 0.2) is 5.82 Å². The Bertz CT molecular complexity index is 575. The summed E-state index contributed by atoms with van der Waals surface area (Å²) in [5.41, 5.74) is 2.70. The van der Waals surface area contributed by atoms with E-state index in [1.807, 2.05) is 0 Å². The van der Waals surface area contributed by atoms with Crippen LogP contribution < -0.4 is 16.6 Å². The second-order valence-corrected chi connectivity index (χ2v) is 3.38. The monoisotopic (exact) mass is 247 g/mol. The van der Waals surface area contributed by atoms with Crippen molar-refractivity contribution in [1.29, 1.82) is 0 Å². The fourth-order valence-corrected chi connectivity index (χ4v) is 1.32. The zero-order chi connectivity index (χ0) is 13.0. The van der Waals surface area contributed by atoms with E-state index in [1.165, 1.54) is 30.6 Å². The van der Waals surface area contributed by atoms with Crippen molar-refractivity contribution in [3.8, 4) is 0 Å². The van der Waals surface area contributed by atoms with Gasteiger partial charge < -0.3 is 10.7 Å². The zero-order valence-corrected chi connectivity index (χ0v) is 9.22. The van der Waals surface area contributed by atoms with Gasteiger partial charge in [-0.15, -0.1) is 0 Å². The number of anilines is 2. The first-order chi connectivity index (χ1) is 8.70. The molecule has 0 saturated carbocycles. The molecule has 2 rings (SSSR count). The Kier molecular flexibility index (Phi) is 3.44. The first-order valence-electron chi connectivity index (χ1n) is 5.04. The van der Waals surface area contributed by atoms with Gasteiger partial charge in [-0.25, -0.2) is 15.2 Å². The molecular formula is C11H10FN5O. The summed E-state index contributed by atoms with van der Waals surface area (Å²) < 4.78 is 13.3. The van der Waals surface area contributed by atoms with Crippen molar-refractivity contribution in [2.45, 2.75) is 0 Å². The molecule has 4 N–H and O–H groups in total. The predicted molar refractivity (Wildman–Crippen MR) is 64.2 cm³/mol. The fourth-order valence-electron chi connectivity index (χ4n) is 1.32. The fraction of sp³-hybridized carbons (Fsp3) is 0. The van der Waals surface area contributed by atoms with Crippen molar-refractivity contribution in [2.24, 2.45) is 5.84 Å². The van der Waals surface area contributed by atoms with Gasteiger partial charge in [-0.1, -0.05) is 0 Å². The molecule has 0 aliphatic carbocycles. The number of carbonyl (C=O) groups is 1. The van der Waals surface area contributed by atoms with Crippen LogP contribution in [0.1, 0.15) is 10.4 Å². The smallest absolute Gasteiger partial charge is 0.255 e. The molecule has 0 unspecified atom stereocenters. The Morgan fingerprint density at radius 3 is 2.89 bits per heavy atom. The Morgan fingerprint density at radius 2 is 2.17 bits per heavy atom. The number of aromatic nitrogens is 2. The van der Waals surface area contributed by atoms with Gasteiger partial charge in [0.25, 0.3) is 5.91 Å². The van der Waals surface area contributed by atoms with E-state index in [-0.39, 0.29) is 5.69 Å². The van der Waals surface area contributed by atoms with Crippen LogP contribution in [0, 0.1) is 5.82 Å². The van der Waals surface area contributed by atoms with Crippen LogP contribution in [0.4, 0.5) is 15.9 Å². The van der Waals surface area contributed by atoms with E-state index in [4.69, 9.17) is 5.84 Å². The number of nitrogens with two attached hydrogens (primary N) is 1. The van der Waals surface area contributed by atoms with Crippen LogP contribution in [0.25, 0.3) is 0 Å². The number of pyridine rings is 2. The highest BCUT2D eigenvalue weighted by Crippen LogP contribution is 2.13. The Hall–Kier alpha value is -2.54. The number of rotatable bonds is 3. The highest BCUT2D eigenvalue weighted by Gasteiger charge is 2.09. The molecule has 0 radical (unpaired) electrons. The van der Waals surface area contributed by atoms with E-state index in [1.54, 1.807) is 0 Å². The first kappa shape index (κ1) is 11.9. The Labute approximate surface area is 102 Å². The van der Waals surface area contributed by atoms with E-state index < -0.39 is 11.7 Å². The van der Waals surface area contributed by atoms with Gasteiger partial charge in [-0.2, -0.15) is 0 Å². The number of hydrazine groups is 1. The average molecular weight is 247 g/mol. The molecule has 1 amide bonds. The average Bonchev–Trinajstić information content (AvgIpc) is 2.41. The molecule has 0 fully saturated rings. The lowest BCUT2D eigenvalue weighted by atomic mass is 10.2. The quantitative estimate of drug-likeness (QED) is 0.559. The molecule has 7 heteroatoms. The highest BCUT2D eigenvalue weighted by molar-refractivity contribution is 6.04. The molecule has 0 aliphatic rings. The van der Waals surface area contributed by atoms with Crippen LogP contribution in [0.2, 0.25) is 0 Å². The van der Waals surface area contributed by atoms with Gasteiger partial charge in [0.2, 0.25) is 0 Å². The highest BCUT2D eigenvalue weighted by atomic mass is 19.1. The molecule has 0 saturated heterocycles. The lowest BCUT2D eigenvalue weighted by Gasteiger charge is -2.06. The molecule has 2 aromatic rings. The Balaban J connectivity index is 2.19. The SMILES string of the molecule is NNc1cc(C(=O)Nc2ccncc2F)ccn1. The number of halogens is 1. The second kappa shape index (κ2) is 5.19. The van der Waals surface area contributed by atoms with Gasteiger partial charge in [-0.05, 0) is 18.2 Å². The van der Waals surface area contributed by atoms with Crippen molar-refractivity contribution in [3.63, 3.8) is 0 Å². The van der Waals surface area contributed by atoms with Crippen LogP contribution in [-0.4, -0.2) is 15.9 Å². The predicted octanol–water partition coefficient (Wildman–Crippen LogP) is 1.15. The van der Waals surface area contributed by atoms with Gasteiger partial charge >= 0.3 is 0 Å². The lowest BCUT2D eigenvalue weighted by molar-refractivity contribution is 0.102. The summed E-state index contributed by atoms with van der Waals surface area (Å²) in [5, 5.41) is 2.43. The van der Waals surface area contributed by atoms with Crippen molar-refractivity contribution in [3.05, 3.63) is 48.2 Å². The summed E-state index contributed by atoms with van der Waals surface area (Å²) in [5.74, 6) is 4.47. The van der Waals surface area contributed by atoms with Crippen molar-refractivity contribution >= 4 is 17.4 Å². The van der Waals surface area contributed by atoms with E-state index in [0.29, 0.717) is 11.4 Å². The number of nitrogens with one attached hydrogen (secondary N) is 2. The molecule has 0 spiro atoms. The van der Waals surface area contributed by atoms with Crippen molar-refractivity contribution in [1.82, 2.24) is 9.97 Å². The molecule has 0 aromatic carbocycles. The second-order valence-electron chi connectivity index (χ2n) is 3.38. The number of hydrogen-bond donors (Lipinski definition) is 3. The molecule has 2 heterocycles. The maximum absolute atomic E-state index is 13.3. The van der Waals surface area contributed by atoms with Crippen molar-refractivity contribution < 1.29 is 9.18 Å². The summed E-state index contributed by atoms with van der Waals surface area (Å²) in [6.07, 6.45) is 3.83. The normalized spacial score (nSPS) is 9.89. The van der Waals surface area contributed by atoms with E-state index in [9.17, 15) is 9.18 Å². The molecule has 92 valence electrons. The van der Waals surface area contributed by atoms with Gasteiger partial charge in [0.1, 0.15) is 5.82 Å². The summed E-state index contributed by atoms with van der Waals surface area (Å²) in [6.45, 7) is 0. The number of amides is 1. The number of nitrogens with zero attached hydrogens (tertiary/aromatic N) is 2. The third-order valence-corrected chi connectivity index (χ3v) is 2.19. The summed E-state index contributed by atoms with van der Waals surface area (Å²) in [7, 11) is 0. The molecule has 2 aromatic heterocycles. The van der Waals surface area contributed by atoms with Crippen LogP contribution in [-0.2, 0) is 0 Å². The third kappa shape index (κ3) is 2.58. The van der Waals surface area contributed by atoms with Gasteiger partial charge in [0, 0.05) is 18.0 Å². The number of carbonyl (C=O) groups excluding carboxylic acids is 1. The third-order valence-electron chi connectivity index (χ3n) is 2.19. The van der Waals surface area contributed by atoms with Crippen LogP contribution in [0.15, 0.2) is 36.8 Å². The minimum Gasteiger partial charge on any atom is -0.319 e.